The number of fused-ring (bicyclic) bond motifs is 1. The highest BCUT2D eigenvalue weighted by molar-refractivity contribution is 7.08. The van der Waals surface area contributed by atoms with E-state index in [4.69, 9.17) is 5.73 Å². The Bertz CT molecular complexity index is 637. The second-order valence-electron chi connectivity index (χ2n) is 4.59. The fraction of sp³-hybridized carbons (Fsp3) is 0.308. The quantitative estimate of drug-likeness (QED) is 0.807. The van der Waals surface area contributed by atoms with E-state index in [-0.39, 0.29) is 5.91 Å². The number of nitrogens with zero attached hydrogens (tertiary/aromatic N) is 3. The van der Waals surface area contributed by atoms with Crippen LogP contribution < -0.4 is 10.6 Å². The second-order valence-corrected chi connectivity index (χ2v) is 5.35. The molecule has 0 bridgehead atoms. The number of nitrogens with two attached hydrogens (primary N) is 1. The lowest BCUT2D eigenvalue weighted by atomic mass is 9.99. The third kappa shape index (κ3) is 1.98. The molecule has 19 heavy (non-hydrogen) atoms. The van der Waals surface area contributed by atoms with Gasteiger partial charge < -0.3 is 10.6 Å². The maximum atomic E-state index is 12.6. The molecule has 1 aliphatic rings. The van der Waals surface area contributed by atoms with Gasteiger partial charge in [-0.2, -0.15) is 0 Å². The van der Waals surface area contributed by atoms with E-state index in [1.165, 1.54) is 0 Å². The van der Waals surface area contributed by atoms with Crippen LogP contribution >= 0.6 is 11.5 Å². The standard InChI is InChI=1S/C13H14N4OS/c1-8-12(19-16-15-8)13(18)17-7-3-4-9-10(14)5-2-6-11(9)17/h2,5-6H,3-4,7,14H2,1H3. The lowest BCUT2D eigenvalue weighted by Gasteiger charge is -2.29. The van der Waals surface area contributed by atoms with Gasteiger partial charge >= 0.3 is 0 Å². The highest BCUT2D eigenvalue weighted by Crippen LogP contribution is 2.32. The molecule has 0 radical (unpaired) electrons. The molecule has 0 saturated heterocycles. The normalized spacial score (nSPS) is 14.3. The maximum Gasteiger partial charge on any atom is 0.271 e. The number of anilines is 2. The molecule has 3 rings (SSSR count). The maximum absolute atomic E-state index is 12.6. The average Bonchev–Trinajstić information content (AvgIpc) is 2.84. The second kappa shape index (κ2) is 4.62. The average molecular weight is 274 g/mol. The van der Waals surface area contributed by atoms with Crippen LogP contribution in [-0.4, -0.2) is 22.0 Å². The van der Waals surface area contributed by atoms with Gasteiger partial charge in [-0.15, -0.1) is 5.10 Å². The topological polar surface area (TPSA) is 72.1 Å². The number of nitrogen functional groups attached to an aromatic ring is 1. The Morgan fingerprint density at radius 1 is 1.47 bits per heavy atom. The van der Waals surface area contributed by atoms with E-state index in [0.717, 1.165) is 41.3 Å². The summed E-state index contributed by atoms with van der Waals surface area (Å²) in [6.45, 7) is 2.52. The molecule has 0 spiro atoms. The van der Waals surface area contributed by atoms with Crippen LogP contribution in [-0.2, 0) is 6.42 Å². The fourth-order valence-corrected chi connectivity index (χ4v) is 3.02. The zero-order chi connectivity index (χ0) is 13.4. The molecular weight excluding hydrogens is 260 g/mol. The highest BCUT2D eigenvalue weighted by atomic mass is 32.1. The molecule has 6 heteroatoms. The summed E-state index contributed by atoms with van der Waals surface area (Å²) in [7, 11) is 0. The summed E-state index contributed by atoms with van der Waals surface area (Å²) in [5, 5.41) is 3.90. The summed E-state index contributed by atoms with van der Waals surface area (Å²) < 4.78 is 3.83. The van der Waals surface area contributed by atoms with Crippen LogP contribution in [0.2, 0.25) is 0 Å². The summed E-state index contributed by atoms with van der Waals surface area (Å²) in [6, 6.07) is 5.72. The lowest BCUT2D eigenvalue weighted by Crippen LogP contribution is -2.35. The minimum absolute atomic E-state index is 0.0287. The third-order valence-electron chi connectivity index (χ3n) is 3.38. The molecule has 2 heterocycles. The Balaban J connectivity index is 2.03. The van der Waals surface area contributed by atoms with Gasteiger partial charge in [0.05, 0.1) is 5.69 Å². The summed E-state index contributed by atoms with van der Waals surface area (Å²) >= 11 is 1.15. The SMILES string of the molecule is Cc1nnsc1C(=O)N1CCCc2c(N)cccc21. The van der Waals surface area contributed by atoms with Crippen molar-refractivity contribution in [3.8, 4) is 0 Å². The molecule has 98 valence electrons. The number of aromatic nitrogens is 2. The molecule has 1 amide bonds. The number of rotatable bonds is 1. The number of hydrogen-bond acceptors (Lipinski definition) is 5. The highest BCUT2D eigenvalue weighted by Gasteiger charge is 2.27. The predicted molar refractivity (Wildman–Crippen MR) is 75.5 cm³/mol. The minimum atomic E-state index is -0.0287. The molecule has 2 N–H and O–H groups in total. The van der Waals surface area contributed by atoms with Crippen LogP contribution in [0.3, 0.4) is 0 Å². The first-order valence-corrected chi connectivity index (χ1v) is 6.94. The van der Waals surface area contributed by atoms with Crippen molar-refractivity contribution in [2.45, 2.75) is 19.8 Å². The van der Waals surface area contributed by atoms with Crippen molar-refractivity contribution in [2.24, 2.45) is 0 Å². The Morgan fingerprint density at radius 3 is 3.05 bits per heavy atom. The van der Waals surface area contributed by atoms with E-state index >= 15 is 0 Å². The zero-order valence-electron chi connectivity index (χ0n) is 10.6. The molecule has 2 aromatic rings. The molecule has 1 aromatic heterocycles. The van der Waals surface area contributed by atoms with Crippen LogP contribution in [0.15, 0.2) is 18.2 Å². The summed E-state index contributed by atoms with van der Waals surface area (Å²) in [4.78, 5) is 15.0. The molecule has 0 aliphatic carbocycles. The van der Waals surface area contributed by atoms with Crippen molar-refractivity contribution in [1.29, 1.82) is 0 Å². The number of benzene rings is 1. The molecule has 0 fully saturated rings. The van der Waals surface area contributed by atoms with Gasteiger partial charge in [-0.25, -0.2) is 0 Å². The van der Waals surface area contributed by atoms with E-state index in [2.05, 4.69) is 9.59 Å². The van der Waals surface area contributed by atoms with E-state index in [0.29, 0.717) is 17.1 Å². The Morgan fingerprint density at radius 2 is 2.32 bits per heavy atom. The Hall–Kier alpha value is -1.95. The third-order valence-corrected chi connectivity index (χ3v) is 4.19. The first kappa shape index (κ1) is 12.1. The number of carbonyl (C=O) groups excluding carboxylic acids is 1. The van der Waals surface area contributed by atoms with Crippen molar-refractivity contribution in [2.75, 3.05) is 17.2 Å². The van der Waals surface area contributed by atoms with Crippen LogP contribution in [0.1, 0.15) is 27.3 Å². The van der Waals surface area contributed by atoms with Crippen molar-refractivity contribution < 1.29 is 4.79 Å². The van der Waals surface area contributed by atoms with Gasteiger partial charge in [0, 0.05) is 17.9 Å². The molecule has 1 aromatic carbocycles. The molecular formula is C13H14N4OS. The van der Waals surface area contributed by atoms with E-state index in [1.54, 1.807) is 11.8 Å². The van der Waals surface area contributed by atoms with Gasteiger partial charge in [-0.05, 0) is 49.0 Å². The van der Waals surface area contributed by atoms with Crippen molar-refractivity contribution in [1.82, 2.24) is 9.59 Å². The first-order chi connectivity index (χ1) is 9.18. The molecule has 0 saturated carbocycles. The fourth-order valence-electron chi connectivity index (χ4n) is 2.41. The van der Waals surface area contributed by atoms with Crippen molar-refractivity contribution >= 4 is 28.8 Å². The summed E-state index contributed by atoms with van der Waals surface area (Å²) in [6.07, 6.45) is 1.85. The van der Waals surface area contributed by atoms with Gasteiger partial charge in [0.1, 0.15) is 4.88 Å². The molecule has 5 nitrogen and oxygen atoms in total. The number of amides is 1. The number of carbonyl (C=O) groups is 1. The predicted octanol–water partition coefficient (Wildman–Crippen LogP) is 2.02. The smallest absolute Gasteiger partial charge is 0.271 e. The lowest BCUT2D eigenvalue weighted by molar-refractivity contribution is 0.0988. The van der Waals surface area contributed by atoms with E-state index < -0.39 is 0 Å². The van der Waals surface area contributed by atoms with Crippen LogP contribution in [0.5, 0.6) is 0 Å². The summed E-state index contributed by atoms with van der Waals surface area (Å²) in [5.74, 6) is -0.0287. The van der Waals surface area contributed by atoms with Gasteiger partial charge in [0.25, 0.3) is 5.91 Å². The van der Waals surface area contributed by atoms with Crippen molar-refractivity contribution in [3.05, 3.63) is 34.3 Å². The summed E-state index contributed by atoms with van der Waals surface area (Å²) in [5.41, 5.74) is 9.42. The van der Waals surface area contributed by atoms with E-state index in [1.807, 2.05) is 18.2 Å². The monoisotopic (exact) mass is 274 g/mol. The Kier molecular flexibility index (Phi) is 2.94. The Labute approximate surface area is 115 Å². The number of aryl methyl sites for hydroxylation is 1. The molecule has 0 unspecified atom stereocenters. The zero-order valence-corrected chi connectivity index (χ0v) is 11.4. The minimum Gasteiger partial charge on any atom is -0.398 e. The van der Waals surface area contributed by atoms with Crippen LogP contribution in [0, 0.1) is 6.92 Å². The van der Waals surface area contributed by atoms with Gasteiger partial charge in [0.15, 0.2) is 0 Å². The van der Waals surface area contributed by atoms with E-state index in [9.17, 15) is 4.79 Å². The molecule has 0 atom stereocenters. The van der Waals surface area contributed by atoms with Crippen LogP contribution in [0.25, 0.3) is 0 Å². The largest absolute Gasteiger partial charge is 0.398 e. The van der Waals surface area contributed by atoms with Gasteiger partial charge in [0.2, 0.25) is 0 Å². The van der Waals surface area contributed by atoms with Gasteiger partial charge in [-0.1, -0.05) is 10.6 Å². The number of hydrogen-bond donors (Lipinski definition) is 1. The van der Waals surface area contributed by atoms with Gasteiger partial charge in [-0.3, -0.25) is 4.79 Å². The van der Waals surface area contributed by atoms with Crippen LogP contribution in [0.4, 0.5) is 11.4 Å². The molecule has 1 aliphatic heterocycles. The van der Waals surface area contributed by atoms with Crippen molar-refractivity contribution in [3.63, 3.8) is 0 Å². The first-order valence-electron chi connectivity index (χ1n) is 6.16.